The van der Waals surface area contributed by atoms with Gasteiger partial charge in [-0.3, -0.25) is 0 Å². The summed E-state index contributed by atoms with van der Waals surface area (Å²) in [7, 11) is 0. The van der Waals surface area contributed by atoms with Crippen molar-refractivity contribution in [3.63, 3.8) is 0 Å². The van der Waals surface area contributed by atoms with E-state index in [1.807, 2.05) is 6.92 Å². The van der Waals surface area contributed by atoms with Crippen molar-refractivity contribution in [3.05, 3.63) is 59.4 Å². The van der Waals surface area contributed by atoms with Gasteiger partial charge in [0.1, 0.15) is 0 Å². The molecule has 0 saturated heterocycles. The second-order valence-electron chi connectivity index (χ2n) is 4.33. The van der Waals surface area contributed by atoms with Gasteiger partial charge in [-0.05, 0) is 36.6 Å². The Labute approximate surface area is 96.7 Å². The average molecular weight is 214 g/mol. The second kappa shape index (κ2) is 4.54. The van der Waals surface area contributed by atoms with E-state index in [-0.39, 0.29) is 6.04 Å². The number of hydrogen-bond acceptors (Lipinski definition) is 1. The van der Waals surface area contributed by atoms with Crippen LogP contribution in [-0.2, 0) is 6.54 Å². The molecule has 0 aliphatic heterocycles. The van der Waals surface area contributed by atoms with Gasteiger partial charge in [-0.1, -0.05) is 24.3 Å². The van der Waals surface area contributed by atoms with Crippen molar-refractivity contribution in [2.24, 2.45) is 5.73 Å². The van der Waals surface area contributed by atoms with E-state index in [4.69, 9.17) is 5.73 Å². The normalized spacial score (nSPS) is 12.7. The van der Waals surface area contributed by atoms with E-state index >= 15 is 0 Å². The van der Waals surface area contributed by atoms with Crippen molar-refractivity contribution in [3.8, 4) is 0 Å². The molecular formula is C14H18N2. The lowest BCUT2D eigenvalue weighted by Crippen LogP contribution is -2.04. The molecule has 0 saturated carbocycles. The Balaban J connectivity index is 2.18. The number of aromatic nitrogens is 1. The molecule has 2 heteroatoms. The maximum Gasteiger partial charge on any atom is 0.0472 e. The number of nitrogens with two attached hydrogens (primary N) is 1. The summed E-state index contributed by atoms with van der Waals surface area (Å²) in [5.41, 5.74) is 9.71. The van der Waals surface area contributed by atoms with E-state index in [0.29, 0.717) is 0 Å². The molecule has 1 atom stereocenters. The molecular weight excluding hydrogens is 196 g/mol. The Morgan fingerprint density at radius 1 is 1.25 bits per heavy atom. The summed E-state index contributed by atoms with van der Waals surface area (Å²) in [6.45, 7) is 5.07. The highest BCUT2D eigenvalue weighted by Gasteiger charge is 2.03. The average Bonchev–Trinajstić information content (AvgIpc) is 2.70. The third kappa shape index (κ3) is 2.34. The minimum atomic E-state index is 0.109. The molecule has 0 aliphatic carbocycles. The van der Waals surface area contributed by atoms with Crippen molar-refractivity contribution >= 4 is 0 Å². The van der Waals surface area contributed by atoms with Crippen LogP contribution in [0.25, 0.3) is 0 Å². The molecule has 2 aromatic rings. The van der Waals surface area contributed by atoms with Crippen LogP contribution in [0.3, 0.4) is 0 Å². The summed E-state index contributed by atoms with van der Waals surface area (Å²) in [5.74, 6) is 0. The van der Waals surface area contributed by atoms with Gasteiger partial charge < -0.3 is 10.3 Å². The zero-order valence-corrected chi connectivity index (χ0v) is 9.85. The lowest BCUT2D eigenvalue weighted by atomic mass is 10.1. The summed E-state index contributed by atoms with van der Waals surface area (Å²) in [5, 5.41) is 0. The highest BCUT2D eigenvalue weighted by molar-refractivity contribution is 5.26. The van der Waals surface area contributed by atoms with Crippen LogP contribution in [0.15, 0.2) is 42.7 Å². The fourth-order valence-electron chi connectivity index (χ4n) is 1.81. The molecule has 2 N–H and O–H groups in total. The third-order valence-electron chi connectivity index (χ3n) is 2.91. The summed E-state index contributed by atoms with van der Waals surface area (Å²) in [4.78, 5) is 0. The zero-order valence-electron chi connectivity index (χ0n) is 9.85. The molecule has 2 nitrogen and oxygen atoms in total. The lowest BCUT2D eigenvalue weighted by Gasteiger charge is -2.06. The topological polar surface area (TPSA) is 30.9 Å². The molecule has 0 bridgehead atoms. The molecule has 0 amide bonds. The van der Waals surface area contributed by atoms with E-state index in [1.165, 1.54) is 16.7 Å². The summed E-state index contributed by atoms with van der Waals surface area (Å²) < 4.78 is 2.18. The van der Waals surface area contributed by atoms with Gasteiger partial charge in [0.2, 0.25) is 0 Å². The number of benzene rings is 1. The fraction of sp³-hybridized carbons (Fsp3) is 0.286. The highest BCUT2D eigenvalue weighted by Crippen LogP contribution is 2.13. The van der Waals surface area contributed by atoms with Crippen molar-refractivity contribution < 1.29 is 0 Å². The van der Waals surface area contributed by atoms with Gasteiger partial charge in [0.15, 0.2) is 0 Å². The van der Waals surface area contributed by atoms with E-state index in [0.717, 1.165) is 6.54 Å². The van der Waals surface area contributed by atoms with Crippen LogP contribution in [0.5, 0.6) is 0 Å². The van der Waals surface area contributed by atoms with Crippen LogP contribution in [-0.4, -0.2) is 4.57 Å². The Bertz CT molecular complexity index is 469. The van der Waals surface area contributed by atoms with Crippen LogP contribution in [0.4, 0.5) is 0 Å². The first-order chi connectivity index (χ1) is 7.66. The standard InChI is InChI=1S/C14H18N2/c1-11-5-3-4-6-13(11)9-16-8-7-14(10-16)12(2)15/h3-8,10,12H,9,15H2,1-2H3. The molecule has 0 fully saturated rings. The molecule has 1 aromatic heterocycles. The molecule has 84 valence electrons. The molecule has 1 unspecified atom stereocenters. The third-order valence-corrected chi connectivity index (χ3v) is 2.91. The first kappa shape index (κ1) is 11.0. The largest absolute Gasteiger partial charge is 0.350 e. The van der Waals surface area contributed by atoms with Gasteiger partial charge in [-0.2, -0.15) is 0 Å². The van der Waals surface area contributed by atoms with Crippen LogP contribution in [0.2, 0.25) is 0 Å². The molecule has 0 aliphatic rings. The molecule has 0 radical (unpaired) electrons. The van der Waals surface area contributed by atoms with Gasteiger partial charge in [-0.15, -0.1) is 0 Å². The molecule has 16 heavy (non-hydrogen) atoms. The van der Waals surface area contributed by atoms with E-state index < -0.39 is 0 Å². The van der Waals surface area contributed by atoms with Gasteiger partial charge in [0, 0.05) is 25.0 Å². The highest BCUT2D eigenvalue weighted by atomic mass is 14.9. The van der Waals surface area contributed by atoms with Crippen molar-refractivity contribution in [1.29, 1.82) is 0 Å². The fourth-order valence-corrected chi connectivity index (χ4v) is 1.81. The van der Waals surface area contributed by atoms with Gasteiger partial charge >= 0.3 is 0 Å². The summed E-state index contributed by atoms with van der Waals surface area (Å²) >= 11 is 0. The maximum absolute atomic E-state index is 5.84. The predicted molar refractivity (Wildman–Crippen MR) is 67.3 cm³/mol. The van der Waals surface area contributed by atoms with Crippen LogP contribution < -0.4 is 5.73 Å². The van der Waals surface area contributed by atoms with Crippen LogP contribution in [0.1, 0.15) is 29.7 Å². The van der Waals surface area contributed by atoms with Crippen LogP contribution >= 0.6 is 0 Å². The minimum Gasteiger partial charge on any atom is -0.350 e. The van der Waals surface area contributed by atoms with Gasteiger partial charge in [0.25, 0.3) is 0 Å². The monoisotopic (exact) mass is 214 g/mol. The minimum absolute atomic E-state index is 0.109. The van der Waals surface area contributed by atoms with E-state index in [1.54, 1.807) is 0 Å². The molecule has 2 rings (SSSR count). The van der Waals surface area contributed by atoms with E-state index in [9.17, 15) is 0 Å². The Morgan fingerprint density at radius 3 is 2.62 bits per heavy atom. The quantitative estimate of drug-likeness (QED) is 0.836. The Morgan fingerprint density at radius 2 is 2.00 bits per heavy atom. The lowest BCUT2D eigenvalue weighted by molar-refractivity contribution is 0.774. The number of rotatable bonds is 3. The first-order valence-corrected chi connectivity index (χ1v) is 5.62. The summed E-state index contributed by atoms with van der Waals surface area (Å²) in [6.07, 6.45) is 4.21. The maximum atomic E-state index is 5.84. The zero-order chi connectivity index (χ0) is 11.5. The smallest absolute Gasteiger partial charge is 0.0472 e. The van der Waals surface area contributed by atoms with Gasteiger partial charge in [-0.25, -0.2) is 0 Å². The molecule has 0 spiro atoms. The molecule has 1 heterocycles. The number of hydrogen-bond donors (Lipinski definition) is 1. The van der Waals surface area contributed by atoms with Crippen molar-refractivity contribution in [2.45, 2.75) is 26.4 Å². The SMILES string of the molecule is Cc1ccccc1Cn1ccc(C(C)N)c1. The van der Waals surface area contributed by atoms with Crippen LogP contribution in [0, 0.1) is 6.92 Å². The summed E-state index contributed by atoms with van der Waals surface area (Å²) in [6, 6.07) is 10.7. The van der Waals surface area contributed by atoms with E-state index in [2.05, 4.69) is 54.2 Å². The first-order valence-electron chi connectivity index (χ1n) is 5.62. The number of nitrogens with zero attached hydrogens (tertiary/aromatic N) is 1. The Hall–Kier alpha value is -1.54. The Kier molecular flexibility index (Phi) is 3.11. The van der Waals surface area contributed by atoms with Crippen molar-refractivity contribution in [2.75, 3.05) is 0 Å². The van der Waals surface area contributed by atoms with Crippen molar-refractivity contribution in [1.82, 2.24) is 4.57 Å². The molecule has 1 aromatic carbocycles. The van der Waals surface area contributed by atoms with Gasteiger partial charge in [0.05, 0.1) is 0 Å². The predicted octanol–water partition coefficient (Wildman–Crippen LogP) is 2.86. The number of aryl methyl sites for hydroxylation is 1. The second-order valence-corrected chi connectivity index (χ2v) is 4.33.